The molecule has 1 rings (SSSR count). The number of pyridine rings is 1. The van der Waals surface area contributed by atoms with Gasteiger partial charge in [0.2, 0.25) is 0 Å². The Morgan fingerprint density at radius 3 is 2.63 bits per heavy atom. The van der Waals surface area contributed by atoms with E-state index in [9.17, 15) is 4.79 Å². The molecule has 0 bridgehead atoms. The van der Waals surface area contributed by atoms with Gasteiger partial charge in [-0.15, -0.1) is 11.6 Å². The largest absolute Gasteiger partial charge is 0.349 e. The van der Waals surface area contributed by atoms with Crippen LogP contribution in [0.1, 0.15) is 42.7 Å². The van der Waals surface area contributed by atoms with Crippen LogP contribution in [0.2, 0.25) is 0 Å². The molecule has 0 fully saturated rings. The van der Waals surface area contributed by atoms with Crippen molar-refractivity contribution in [3.8, 4) is 6.07 Å². The van der Waals surface area contributed by atoms with Gasteiger partial charge in [-0.1, -0.05) is 26.7 Å². The molecule has 0 saturated heterocycles. The fourth-order valence-corrected chi connectivity index (χ4v) is 2.28. The van der Waals surface area contributed by atoms with Crippen LogP contribution >= 0.6 is 11.6 Å². The van der Waals surface area contributed by atoms with E-state index >= 15 is 0 Å². The number of rotatable bonds is 6. The van der Waals surface area contributed by atoms with Crippen LogP contribution in [0.15, 0.2) is 18.3 Å². The number of aromatic nitrogens is 1. The van der Waals surface area contributed by atoms with Crippen molar-refractivity contribution in [2.75, 3.05) is 6.54 Å². The number of carbonyl (C=O) groups excluding carboxylic acids is 1. The summed E-state index contributed by atoms with van der Waals surface area (Å²) in [4.78, 5) is 15.8. The molecule has 102 valence electrons. The predicted molar refractivity (Wildman–Crippen MR) is 75.0 cm³/mol. The summed E-state index contributed by atoms with van der Waals surface area (Å²) in [6.07, 6.45) is 3.37. The predicted octanol–water partition coefficient (Wildman–Crippen LogP) is 2.73. The average Bonchev–Trinajstić information content (AvgIpc) is 2.46. The number of nitrogens with zero attached hydrogens (tertiary/aromatic N) is 2. The number of alkyl halides is 1. The van der Waals surface area contributed by atoms with Crippen molar-refractivity contribution < 1.29 is 4.79 Å². The van der Waals surface area contributed by atoms with Crippen molar-refractivity contribution in [1.29, 1.82) is 5.26 Å². The lowest BCUT2D eigenvalue weighted by Gasteiger charge is -2.19. The van der Waals surface area contributed by atoms with E-state index in [0.29, 0.717) is 23.7 Å². The molecular formula is C14H18ClN3O. The van der Waals surface area contributed by atoms with Gasteiger partial charge in [0.05, 0.1) is 10.9 Å². The van der Waals surface area contributed by atoms with Gasteiger partial charge in [-0.25, -0.2) is 4.98 Å². The molecule has 1 aromatic heterocycles. The minimum absolute atomic E-state index is 0.0719. The van der Waals surface area contributed by atoms with E-state index < -0.39 is 0 Å². The van der Waals surface area contributed by atoms with Crippen LogP contribution in [-0.4, -0.2) is 22.8 Å². The number of nitrogens with one attached hydrogen (secondary N) is 1. The van der Waals surface area contributed by atoms with Crippen LogP contribution in [-0.2, 0) is 0 Å². The Morgan fingerprint density at radius 1 is 1.47 bits per heavy atom. The highest BCUT2D eigenvalue weighted by Gasteiger charge is 2.17. The quantitative estimate of drug-likeness (QED) is 0.814. The second-order valence-electron chi connectivity index (χ2n) is 4.35. The summed E-state index contributed by atoms with van der Waals surface area (Å²) in [5.74, 6) is 0.136. The van der Waals surface area contributed by atoms with Gasteiger partial charge >= 0.3 is 0 Å². The monoisotopic (exact) mass is 279 g/mol. The highest BCUT2D eigenvalue weighted by Crippen LogP contribution is 2.17. The Hall–Kier alpha value is -1.60. The second-order valence-corrected chi connectivity index (χ2v) is 4.91. The molecule has 0 saturated carbocycles. The number of hydrogen-bond donors (Lipinski definition) is 1. The standard InChI is InChI=1S/C14H18ClN3O/c1-3-11(4-2)12(15)9-18-14(19)13-6-5-10(7-16)8-17-13/h5-6,8,11-12H,3-4,9H2,1-2H3,(H,18,19). The van der Waals surface area contributed by atoms with Crippen molar-refractivity contribution in [3.63, 3.8) is 0 Å². The number of halogens is 1. The highest BCUT2D eigenvalue weighted by atomic mass is 35.5. The van der Waals surface area contributed by atoms with Crippen LogP contribution in [0.5, 0.6) is 0 Å². The number of hydrogen-bond acceptors (Lipinski definition) is 3. The molecule has 0 aliphatic heterocycles. The van der Waals surface area contributed by atoms with Gasteiger partial charge in [0.25, 0.3) is 5.91 Å². The zero-order valence-electron chi connectivity index (χ0n) is 11.2. The molecule has 5 heteroatoms. The van der Waals surface area contributed by atoms with Crippen molar-refractivity contribution in [2.45, 2.75) is 32.1 Å². The van der Waals surface area contributed by atoms with E-state index in [0.717, 1.165) is 12.8 Å². The molecule has 1 heterocycles. The summed E-state index contributed by atoms with van der Waals surface area (Å²) in [6, 6.07) is 5.06. The fourth-order valence-electron chi connectivity index (χ4n) is 1.84. The van der Waals surface area contributed by atoms with Gasteiger partial charge in [0.1, 0.15) is 11.8 Å². The molecule has 4 nitrogen and oxygen atoms in total. The van der Waals surface area contributed by atoms with Gasteiger partial charge < -0.3 is 5.32 Å². The van der Waals surface area contributed by atoms with E-state index in [1.54, 1.807) is 6.07 Å². The average molecular weight is 280 g/mol. The highest BCUT2D eigenvalue weighted by molar-refractivity contribution is 6.21. The molecule has 19 heavy (non-hydrogen) atoms. The lowest BCUT2D eigenvalue weighted by Crippen LogP contribution is -2.33. The SMILES string of the molecule is CCC(CC)C(Cl)CNC(=O)c1ccc(C#N)cn1. The third-order valence-corrected chi connectivity index (χ3v) is 3.65. The van der Waals surface area contributed by atoms with E-state index in [1.807, 2.05) is 6.07 Å². The molecule has 1 amide bonds. The van der Waals surface area contributed by atoms with Crippen LogP contribution in [0.25, 0.3) is 0 Å². The summed E-state index contributed by atoms with van der Waals surface area (Å²) in [7, 11) is 0. The summed E-state index contributed by atoms with van der Waals surface area (Å²) in [5, 5.41) is 11.3. The van der Waals surface area contributed by atoms with Gasteiger partial charge in [-0.3, -0.25) is 4.79 Å². The first kappa shape index (κ1) is 15.5. The van der Waals surface area contributed by atoms with Crippen molar-refractivity contribution in [2.24, 2.45) is 5.92 Å². The van der Waals surface area contributed by atoms with Gasteiger partial charge in [0.15, 0.2) is 0 Å². The van der Waals surface area contributed by atoms with Gasteiger partial charge in [-0.2, -0.15) is 5.26 Å². The number of carbonyl (C=O) groups is 1. The molecule has 1 aromatic rings. The minimum atomic E-state index is -0.263. The maximum atomic E-state index is 11.8. The third-order valence-electron chi connectivity index (χ3n) is 3.14. The Labute approximate surface area is 118 Å². The summed E-state index contributed by atoms with van der Waals surface area (Å²) in [6.45, 7) is 4.61. The first-order chi connectivity index (χ1) is 9.12. The maximum Gasteiger partial charge on any atom is 0.269 e. The molecule has 1 atom stereocenters. The van der Waals surface area contributed by atoms with E-state index in [2.05, 4.69) is 24.1 Å². The molecule has 0 spiro atoms. The van der Waals surface area contributed by atoms with Gasteiger partial charge in [-0.05, 0) is 18.1 Å². The minimum Gasteiger partial charge on any atom is -0.349 e. The molecule has 0 aliphatic carbocycles. The maximum absolute atomic E-state index is 11.8. The molecule has 0 aromatic carbocycles. The molecule has 1 N–H and O–H groups in total. The molecular weight excluding hydrogens is 262 g/mol. The van der Waals surface area contributed by atoms with Crippen LogP contribution < -0.4 is 5.32 Å². The Balaban J connectivity index is 2.53. The van der Waals surface area contributed by atoms with Crippen LogP contribution in [0.4, 0.5) is 0 Å². The summed E-state index contributed by atoms with van der Waals surface area (Å²) in [5.41, 5.74) is 0.733. The normalized spacial score (nSPS) is 11.9. The molecule has 0 aliphatic rings. The smallest absolute Gasteiger partial charge is 0.269 e. The molecule has 0 radical (unpaired) electrons. The van der Waals surface area contributed by atoms with Crippen molar-refractivity contribution in [3.05, 3.63) is 29.6 Å². The first-order valence-corrected chi connectivity index (χ1v) is 6.84. The Bertz CT molecular complexity index is 449. The first-order valence-electron chi connectivity index (χ1n) is 6.40. The van der Waals surface area contributed by atoms with E-state index in [4.69, 9.17) is 16.9 Å². The Kier molecular flexibility index (Phi) is 6.31. The van der Waals surface area contributed by atoms with Crippen molar-refractivity contribution >= 4 is 17.5 Å². The van der Waals surface area contributed by atoms with Crippen molar-refractivity contribution in [1.82, 2.24) is 10.3 Å². The summed E-state index contributed by atoms with van der Waals surface area (Å²) < 4.78 is 0. The van der Waals surface area contributed by atoms with E-state index in [1.165, 1.54) is 12.3 Å². The number of nitriles is 1. The lowest BCUT2D eigenvalue weighted by atomic mass is 9.99. The fraction of sp³-hybridized carbons (Fsp3) is 0.500. The van der Waals surface area contributed by atoms with Crippen LogP contribution in [0, 0.1) is 17.2 Å². The Morgan fingerprint density at radius 2 is 2.16 bits per heavy atom. The van der Waals surface area contributed by atoms with Crippen LogP contribution in [0.3, 0.4) is 0 Å². The topological polar surface area (TPSA) is 65.8 Å². The summed E-state index contributed by atoms with van der Waals surface area (Å²) >= 11 is 6.25. The zero-order valence-corrected chi connectivity index (χ0v) is 11.9. The second kappa shape index (κ2) is 7.75. The lowest BCUT2D eigenvalue weighted by molar-refractivity contribution is 0.0946. The zero-order chi connectivity index (χ0) is 14.3. The van der Waals surface area contributed by atoms with E-state index in [-0.39, 0.29) is 11.3 Å². The third kappa shape index (κ3) is 4.53. The van der Waals surface area contributed by atoms with Gasteiger partial charge in [0, 0.05) is 12.7 Å². The molecule has 1 unspecified atom stereocenters. The number of amides is 1.